The highest BCUT2D eigenvalue weighted by Crippen LogP contribution is 2.41. The number of hydrogen-bond acceptors (Lipinski definition) is 12. The van der Waals surface area contributed by atoms with Crippen LogP contribution in [0.2, 0.25) is 0 Å². The smallest absolute Gasteiger partial charge is 0.408 e. The number of carbonyl (C=O) groups excluding carboxylic acids is 3. The number of allylic oxidation sites excluding steroid dienone is 4. The first kappa shape index (κ1) is 51.9. The summed E-state index contributed by atoms with van der Waals surface area (Å²) in [6, 6.07) is 24.8. The number of ether oxygens (including phenoxy) is 5. The number of hydrogen-bond donors (Lipinski definition) is 1. The standard InChI is InChI=1S/C52H53Cl2F2N3O10S2/c1-3-41(53)40(42(54)4-2)29-44(35-18-19-43(68-51(55)56)45(28-35)65-31-32-16-17-32)67-50(61)48-59(24-25-70-48)71(63,64)39-15-9-13-37(27-39)49(60)66-38-14-8-12-36(26-38)47(34-10-6-5-7-11-34)57-52(62)69-46-30-58-22-20-33(46)21-23-58/h3-15,18-19,26-28,32-33,44,46-48,51H,1,16-17,20-25,29-31H2,2H3,(H,57,62)/b41-40+,42-4+/t44-,46-,47?,48-/m0/s1. The second kappa shape index (κ2) is 23.4. The second-order valence-electron chi connectivity index (χ2n) is 17.5. The van der Waals surface area contributed by atoms with Crippen LogP contribution in [-0.2, 0) is 24.3 Å². The van der Waals surface area contributed by atoms with E-state index in [0.29, 0.717) is 29.2 Å². The molecule has 0 radical (unpaired) electrons. The van der Waals surface area contributed by atoms with Gasteiger partial charge in [-0.3, -0.25) is 4.90 Å². The Hall–Kier alpha value is -5.43. The van der Waals surface area contributed by atoms with Crippen LogP contribution in [0.5, 0.6) is 17.2 Å². The number of benzene rings is 4. The van der Waals surface area contributed by atoms with Gasteiger partial charge in [-0.15, -0.1) is 11.8 Å². The van der Waals surface area contributed by atoms with E-state index in [1.165, 1.54) is 48.5 Å². The summed E-state index contributed by atoms with van der Waals surface area (Å²) < 4.78 is 85.3. The number of alkyl carbamates (subject to hydrolysis) is 1. The molecule has 1 unspecified atom stereocenters. The number of rotatable bonds is 20. The maximum absolute atomic E-state index is 14.4. The summed E-state index contributed by atoms with van der Waals surface area (Å²) in [4.78, 5) is 43.5. The van der Waals surface area contributed by atoms with Gasteiger partial charge in [-0.2, -0.15) is 13.1 Å². The molecule has 4 aromatic carbocycles. The highest BCUT2D eigenvalue weighted by Gasteiger charge is 2.43. The number of alkyl halides is 2. The van der Waals surface area contributed by atoms with Gasteiger partial charge in [0.15, 0.2) is 16.9 Å². The SMILES string of the molecule is C=C/C(Cl)=C(C[C@H](OC(=O)[C@@H]1SCCN1S(=O)(=O)c1cccc(C(=O)Oc2cccc(C(NC(=O)O[C@H]3CN4CCC3CC4)c3ccccc3)c2)c1)c1ccc(OC(F)F)c(OCC2CC2)c1)\C(Cl)=C/C. The predicted octanol–water partition coefficient (Wildman–Crippen LogP) is 10.8. The van der Waals surface area contributed by atoms with Crippen LogP contribution in [0.25, 0.3) is 0 Å². The van der Waals surface area contributed by atoms with Crippen LogP contribution in [0, 0.1) is 11.8 Å². The van der Waals surface area contributed by atoms with Crippen LogP contribution in [0.15, 0.2) is 136 Å². The number of amides is 1. The van der Waals surface area contributed by atoms with Gasteiger partial charge in [0.05, 0.1) is 23.1 Å². The van der Waals surface area contributed by atoms with Crippen LogP contribution < -0.4 is 19.5 Å². The number of nitrogens with one attached hydrogen (secondary N) is 1. The van der Waals surface area contributed by atoms with Crippen molar-refractivity contribution >= 4 is 63.0 Å². The maximum atomic E-state index is 14.4. The lowest BCUT2D eigenvalue weighted by Gasteiger charge is -2.43. The number of halogens is 4. The van der Waals surface area contributed by atoms with Crippen molar-refractivity contribution in [3.8, 4) is 17.2 Å². The minimum Gasteiger partial charge on any atom is -0.489 e. The number of esters is 2. The minimum absolute atomic E-state index is 0.00354. The predicted molar refractivity (Wildman–Crippen MR) is 266 cm³/mol. The van der Waals surface area contributed by atoms with Crippen molar-refractivity contribution < 1.29 is 55.3 Å². The van der Waals surface area contributed by atoms with Gasteiger partial charge in [0.1, 0.15) is 18.0 Å². The van der Waals surface area contributed by atoms with E-state index in [1.807, 2.05) is 30.3 Å². The third-order valence-electron chi connectivity index (χ3n) is 12.8. The average Bonchev–Trinajstić information content (AvgIpc) is 4.07. The van der Waals surface area contributed by atoms with E-state index >= 15 is 0 Å². The van der Waals surface area contributed by atoms with E-state index in [4.69, 9.17) is 46.9 Å². The number of nitrogens with zero attached hydrogens (tertiary/aromatic N) is 2. The third kappa shape index (κ3) is 13.0. The Kier molecular flexibility index (Phi) is 17.1. The lowest BCUT2D eigenvalue weighted by Crippen LogP contribution is -2.52. The lowest BCUT2D eigenvalue weighted by atomic mass is 9.86. The van der Waals surface area contributed by atoms with Gasteiger partial charge in [-0.05, 0) is 122 Å². The summed E-state index contributed by atoms with van der Waals surface area (Å²) in [6.07, 6.45) is 4.71. The zero-order valence-electron chi connectivity index (χ0n) is 38.7. The molecular formula is C52H53Cl2F2N3O10S2. The molecule has 5 fully saturated rings. The van der Waals surface area contributed by atoms with Crippen LogP contribution in [0.3, 0.4) is 0 Å². The molecule has 1 aliphatic carbocycles. The Bertz CT molecular complexity index is 2770. The summed E-state index contributed by atoms with van der Waals surface area (Å²) in [7, 11) is -4.46. The fourth-order valence-electron chi connectivity index (χ4n) is 8.81. The molecule has 4 atom stereocenters. The van der Waals surface area contributed by atoms with Gasteiger partial charge in [0.25, 0.3) is 0 Å². The number of fused-ring (bicyclic) bond motifs is 3. The summed E-state index contributed by atoms with van der Waals surface area (Å²) in [6.45, 7) is 5.18. The number of thioether (sulfide) groups is 1. The maximum Gasteiger partial charge on any atom is 0.408 e. The highest BCUT2D eigenvalue weighted by atomic mass is 35.5. The fourth-order valence-corrected chi connectivity index (χ4v) is 12.3. The van der Waals surface area contributed by atoms with E-state index in [2.05, 4.69) is 16.8 Å². The fraction of sp³-hybridized carbons (Fsp3) is 0.365. The molecule has 4 aromatic rings. The van der Waals surface area contributed by atoms with Gasteiger partial charge in [0, 0.05) is 35.3 Å². The van der Waals surface area contributed by atoms with Crippen LogP contribution in [0.1, 0.15) is 78.2 Å². The second-order valence-corrected chi connectivity index (χ2v) is 21.4. The van der Waals surface area contributed by atoms with Crippen molar-refractivity contribution in [2.45, 2.75) is 74.2 Å². The van der Waals surface area contributed by atoms with Crippen LogP contribution in [0.4, 0.5) is 13.6 Å². The Morgan fingerprint density at radius 1 is 0.887 bits per heavy atom. The summed E-state index contributed by atoms with van der Waals surface area (Å²) in [5, 5.41) is 2.04. The summed E-state index contributed by atoms with van der Waals surface area (Å²) in [5.41, 5.74) is 1.95. The first-order chi connectivity index (χ1) is 34.2. The van der Waals surface area contributed by atoms with Gasteiger partial charge >= 0.3 is 24.6 Å². The van der Waals surface area contributed by atoms with Crippen molar-refractivity contribution in [1.29, 1.82) is 0 Å². The molecule has 71 heavy (non-hydrogen) atoms. The Labute approximate surface area is 426 Å². The molecule has 4 aliphatic heterocycles. The molecule has 19 heteroatoms. The van der Waals surface area contributed by atoms with Crippen LogP contribution in [-0.4, -0.2) is 92.3 Å². The Morgan fingerprint density at radius 3 is 2.32 bits per heavy atom. The molecule has 13 nitrogen and oxygen atoms in total. The first-order valence-corrected chi connectivity index (χ1v) is 26.5. The molecule has 2 bridgehead atoms. The number of sulfonamides is 1. The van der Waals surface area contributed by atoms with Crippen molar-refractivity contribution in [2.75, 3.05) is 38.5 Å². The molecular weight excluding hydrogens is 1000 g/mol. The normalized spacial score (nSPS) is 21.4. The van der Waals surface area contributed by atoms with Crippen molar-refractivity contribution in [1.82, 2.24) is 14.5 Å². The van der Waals surface area contributed by atoms with E-state index in [1.54, 1.807) is 37.3 Å². The first-order valence-electron chi connectivity index (χ1n) is 23.3. The molecule has 4 heterocycles. The largest absolute Gasteiger partial charge is 0.489 e. The van der Waals surface area contributed by atoms with E-state index in [0.717, 1.165) is 60.4 Å². The van der Waals surface area contributed by atoms with Gasteiger partial charge in [-0.1, -0.05) is 96.5 Å². The number of piperidine rings is 3. The Morgan fingerprint density at radius 2 is 1.63 bits per heavy atom. The number of carbonyl (C=O) groups is 3. The molecule has 0 spiro atoms. The average molecular weight is 1050 g/mol. The molecule has 1 saturated carbocycles. The van der Waals surface area contributed by atoms with Gasteiger partial charge < -0.3 is 29.0 Å². The summed E-state index contributed by atoms with van der Waals surface area (Å²) >= 11 is 14.2. The van der Waals surface area contributed by atoms with Crippen molar-refractivity contribution in [2.24, 2.45) is 11.8 Å². The molecule has 9 rings (SSSR count). The van der Waals surface area contributed by atoms with E-state index in [-0.39, 0.29) is 75.1 Å². The highest BCUT2D eigenvalue weighted by molar-refractivity contribution is 8.02. The summed E-state index contributed by atoms with van der Waals surface area (Å²) in [5.74, 6) is -1.04. The zero-order chi connectivity index (χ0) is 50.2. The third-order valence-corrected chi connectivity index (χ3v) is 16.8. The Balaban J connectivity index is 0.994. The quantitative estimate of drug-likeness (QED) is 0.0510. The minimum atomic E-state index is -4.46. The van der Waals surface area contributed by atoms with E-state index in [9.17, 15) is 31.6 Å². The van der Waals surface area contributed by atoms with Gasteiger partial charge in [-0.25, -0.2) is 22.8 Å². The zero-order valence-corrected chi connectivity index (χ0v) is 41.9. The molecule has 1 amide bonds. The lowest BCUT2D eigenvalue weighted by molar-refractivity contribution is -0.150. The molecule has 5 aliphatic rings. The van der Waals surface area contributed by atoms with Crippen LogP contribution >= 0.6 is 35.0 Å². The molecule has 4 saturated heterocycles. The van der Waals surface area contributed by atoms with Crippen molar-refractivity contribution in [3.05, 3.63) is 154 Å². The van der Waals surface area contributed by atoms with E-state index < -0.39 is 52.2 Å². The molecule has 0 aromatic heterocycles. The monoisotopic (exact) mass is 1050 g/mol. The van der Waals surface area contributed by atoms with Gasteiger partial charge in [0.2, 0.25) is 10.0 Å². The topological polar surface area (TPSA) is 150 Å². The molecule has 376 valence electrons. The van der Waals surface area contributed by atoms with Crippen molar-refractivity contribution in [3.63, 3.8) is 0 Å². The molecule has 1 N–H and O–H groups in total.